The monoisotopic (exact) mass is 475 g/mol. The first-order valence-electron chi connectivity index (χ1n) is 10.6. The first-order valence-corrected chi connectivity index (χ1v) is 12.5. The zero-order valence-electron chi connectivity index (χ0n) is 18.0. The maximum atomic E-state index is 13.8. The van der Waals surface area contributed by atoms with Gasteiger partial charge in [0.15, 0.2) is 0 Å². The van der Waals surface area contributed by atoms with Crippen molar-refractivity contribution in [3.8, 4) is 0 Å². The zero-order valence-corrected chi connectivity index (χ0v) is 19.6. The second-order valence-corrected chi connectivity index (χ2v) is 10.4. The summed E-state index contributed by atoms with van der Waals surface area (Å²) in [6.45, 7) is 3.70. The molecule has 2 aromatic carbocycles. The van der Waals surface area contributed by atoms with E-state index in [-0.39, 0.29) is 42.5 Å². The van der Waals surface area contributed by atoms with Crippen molar-refractivity contribution in [2.24, 2.45) is 11.8 Å². The predicted octanol–water partition coefficient (Wildman–Crippen LogP) is 4.06. The molecule has 0 bridgehead atoms. The number of aryl methyl sites for hydroxylation is 1. The van der Waals surface area contributed by atoms with Gasteiger partial charge in [-0.1, -0.05) is 41.9 Å². The van der Waals surface area contributed by atoms with Crippen LogP contribution in [0.15, 0.2) is 59.0 Å². The number of ether oxygens (including phenoxy) is 1. The topological polar surface area (TPSA) is 83.9 Å². The molecule has 170 valence electrons. The molecule has 2 aromatic rings. The maximum Gasteiger partial charge on any atom is 0.309 e. The minimum atomic E-state index is -3.90. The van der Waals surface area contributed by atoms with E-state index >= 15 is 0 Å². The third-order valence-corrected chi connectivity index (χ3v) is 8.57. The lowest BCUT2D eigenvalue weighted by atomic mass is 9.67. The highest BCUT2D eigenvalue weighted by molar-refractivity contribution is 7.92. The number of allylic oxidation sites excluding steroid dienone is 1. The van der Waals surface area contributed by atoms with E-state index in [0.29, 0.717) is 22.7 Å². The fourth-order valence-corrected chi connectivity index (χ4v) is 6.81. The van der Waals surface area contributed by atoms with Gasteiger partial charge in [-0.3, -0.25) is 9.10 Å². The van der Waals surface area contributed by atoms with Crippen molar-refractivity contribution in [2.45, 2.75) is 31.1 Å². The molecule has 2 aliphatic rings. The summed E-state index contributed by atoms with van der Waals surface area (Å²) < 4.78 is 34.3. The Morgan fingerprint density at radius 3 is 2.69 bits per heavy atom. The van der Waals surface area contributed by atoms with Gasteiger partial charge in [0.1, 0.15) is 0 Å². The fourth-order valence-electron chi connectivity index (χ4n) is 4.91. The van der Waals surface area contributed by atoms with E-state index in [4.69, 9.17) is 16.3 Å². The number of esters is 1. The number of carbonyl (C=O) groups is 1. The average Bonchev–Trinajstić information content (AvgIpc) is 2.77. The number of rotatable bonds is 5. The third-order valence-electron chi connectivity index (χ3n) is 6.39. The highest BCUT2D eigenvalue weighted by Crippen LogP contribution is 2.51. The van der Waals surface area contributed by atoms with Gasteiger partial charge in [0, 0.05) is 23.4 Å². The summed E-state index contributed by atoms with van der Waals surface area (Å²) in [6.07, 6.45) is 2.28. The largest absolute Gasteiger partial charge is 0.466 e. The molecule has 0 fully saturated rings. The van der Waals surface area contributed by atoms with Crippen LogP contribution in [-0.4, -0.2) is 39.3 Å². The molecule has 0 spiro atoms. The Morgan fingerprint density at radius 1 is 1.25 bits per heavy atom. The Balaban J connectivity index is 1.90. The SMILES string of the molecule is CCOC(=O)[C@H]1CC=C(CO)[C@H]2CN(S(=O)(=O)c3ccccc3C)c3cc(Cl)ccc3[C@H]12. The predicted molar refractivity (Wildman–Crippen MR) is 123 cm³/mol. The highest BCUT2D eigenvalue weighted by Gasteiger charge is 2.47. The zero-order chi connectivity index (χ0) is 23.0. The van der Waals surface area contributed by atoms with Crippen LogP contribution in [0.5, 0.6) is 0 Å². The van der Waals surface area contributed by atoms with Gasteiger partial charge in [0.25, 0.3) is 10.0 Å². The van der Waals surface area contributed by atoms with Crippen molar-refractivity contribution in [3.63, 3.8) is 0 Å². The van der Waals surface area contributed by atoms with Gasteiger partial charge in [-0.15, -0.1) is 0 Å². The van der Waals surface area contributed by atoms with E-state index < -0.39 is 15.9 Å². The molecule has 1 aliphatic heterocycles. The van der Waals surface area contributed by atoms with Gasteiger partial charge in [-0.2, -0.15) is 0 Å². The van der Waals surface area contributed by atoms with E-state index in [9.17, 15) is 18.3 Å². The summed E-state index contributed by atoms with van der Waals surface area (Å²) in [5.74, 6) is -1.43. The number of nitrogens with zero attached hydrogens (tertiary/aromatic N) is 1. The molecule has 4 rings (SSSR count). The van der Waals surface area contributed by atoms with E-state index in [1.54, 1.807) is 56.3 Å². The van der Waals surface area contributed by atoms with Crippen molar-refractivity contribution in [3.05, 3.63) is 70.3 Å². The Hall–Kier alpha value is -2.35. The first kappa shape index (κ1) is 22.8. The number of carbonyl (C=O) groups excluding carboxylic acids is 1. The van der Waals surface area contributed by atoms with Crippen LogP contribution in [0.2, 0.25) is 5.02 Å². The minimum absolute atomic E-state index is 0.108. The number of aliphatic hydroxyl groups excluding tert-OH is 1. The molecule has 0 unspecified atom stereocenters. The molecule has 1 aliphatic carbocycles. The lowest BCUT2D eigenvalue weighted by molar-refractivity contribution is -0.149. The number of halogens is 1. The van der Waals surface area contributed by atoms with Crippen LogP contribution in [-0.2, 0) is 19.6 Å². The van der Waals surface area contributed by atoms with Gasteiger partial charge >= 0.3 is 5.97 Å². The molecule has 0 aromatic heterocycles. The molecule has 6 nitrogen and oxygen atoms in total. The van der Waals surface area contributed by atoms with Crippen molar-refractivity contribution in [2.75, 3.05) is 24.1 Å². The van der Waals surface area contributed by atoms with Gasteiger partial charge in [0.2, 0.25) is 0 Å². The van der Waals surface area contributed by atoms with Crippen molar-refractivity contribution in [1.82, 2.24) is 0 Å². The van der Waals surface area contributed by atoms with Gasteiger partial charge in [-0.05, 0) is 55.2 Å². The Morgan fingerprint density at radius 2 is 2.00 bits per heavy atom. The molecule has 0 saturated heterocycles. The van der Waals surface area contributed by atoms with Crippen molar-refractivity contribution < 1.29 is 23.1 Å². The molecule has 8 heteroatoms. The first-order chi connectivity index (χ1) is 15.3. The molecular weight excluding hydrogens is 450 g/mol. The summed E-state index contributed by atoms with van der Waals surface area (Å²) in [5.41, 5.74) is 2.57. The summed E-state index contributed by atoms with van der Waals surface area (Å²) in [4.78, 5) is 13.0. The smallest absolute Gasteiger partial charge is 0.309 e. The van der Waals surface area contributed by atoms with E-state index in [0.717, 1.165) is 11.1 Å². The van der Waals surface area contributed by atoms with E-state index in [1.807, 2.05) is 6.08 Å². The van der Waals surface area contributed by atoms with Crippen LogP contribution >= 0.6 is 11.6 Å². The second-order valence-electron chi connectivity index (χ2n) is 8.17. The number of benzene rings is 2. The summed E-state index contributed by atoms with van der Waals surface area (Å²) >= 11 is 6.28. The van der Waals surface area contributed by atoms with Crippen molar-refractivity contribution >= 4 is 33.3 Å². The fraction of sp³-hybridized carbons (Fsp3) is 0.375. The van der Waals surface area contributed by atoms with Crippen LogP contribution in [0.25, 0.3) is 0 Å². The number of sulfonamides is 1. The Bertz CT molecular complexity index is 1180. The van der Waals surface area contributed by atoms with Crippen LogP contribution in [0.3, 0.4) is 0 Å². The number of anilines is 1. The van der Waals surface area contributed by atoms with Crippen LogP contribution < -0.4 is 4.31 Å². The number of aliphatic hydroxyl groups is 1. The molecule has 0 saturated carbocycles. The standard InChI is InChI=1S/C24H26ClNO5S/c1-3-31-24(28)19-10-8-16(14-27)20-13-26(21-12-17(25)9-11-18(21)23(19)20)32(29,30)22-7-5-4-6-15(22)2/h4-9,11-12,19-20,23,27H,3,10,13-14H2,1-2H3/t19-,20+,23+/m0/s1. The van der Waals surface area contributed by atoms with E-state index in [1.165, 1.54) is 4.31 Å². The molecule has 1 N–H and O–H groups in total. The molecule has 1 heterocycles. The second kappa shape index (κ2) is 8.89. The molecule has 0 radical (unpaired) electrons. The van der Waals surface area contributed by atoms with Crippen molar-refractivity contribution in [1.29, 1.82) is 0 Å². The van der Waals surface area contributed by atoms with E-state index in [2.05, 4.69) is 0 Å². The third kappa shape index (κ3) is 3.83. The average molecular weight is 476 g/mol. The van der Waals surface area contributed by atoms with Gasteiger partial charge < -0.3 is 9.84 Å². The summed E-state index contributed by atoms with van der Waals surface area (Å²) in [7, 11) is -3.90. The van der Waals surface area contributed by atoms with Crippen LogP contribution in [0.1, 0.15) is 30.4 Å². The lowest BCUT2D eigenvalue weighted by Gasteiger charge is -2.45. The summed E-state index contributed by atoms with van der Waals surface area (Å²) in [5, 5.41) is 10.4. The molecule has 32 heavy (non-hydrogen) atoms. The molecular formula is C24H26ClNO5S. The summed E-state index contributed by atoms with van der Waals surface area (Å²) in [6, 6.07) is 12.0. The Labute approximate surface area is 193 Å². The Kier molecular flexibility index (Phi) is 6.34. The minimum Gasteiger partial charge on any atom is -0.466 e. The lowest BCUT2D eigenvalue weighted by Crippen LogP contribution is -2.47. The highest BCUT2D eigenvalue weighted by atomic mass is 35.5. The quantitative estimate of drug-likeness (QED) is 0.520. The maximum absolute atomic E-state index is 13.8. The van der Waals surface area contributed by atoms with Gasteiger partial charge in [-0.25, -0.2) is 8.42 Å². The number of hydrogen-bond acceptors (Lipinski definition) is 5. The van der Waals surface area contributed by atoms with Crippen LogP contribution in [0, 0.1) is 18.8 Å². The van der Waals surface area contributed by atoms with Crippen LogP contribution in [0.4, 0.5) is 5.69 Å². The van der Waals surface area contributed by atoms with Gasteiger partial charge in [0.05, 0.1) is 29.7 Å². The molecule has 0 amide bonds. The number of fused-ring (bicyclic) bond motifs is 3. The normalized spacial score (nSPS) is 22.6. The number of hydrogen-bond donors (Lipinski definition) is 1. The molecule has 3 atom stereocenters.